The average Bonchev–Trinajstić information content (AvgIpc) is 3.15. The van der Waals surface area contributed by atoms with Crippen molar-refractivity contribution in [2.75, 3.05) is 4.90 Å². The van der Waals surface area contributed by atoms with E-state index < -0.39 is 30.0 Å². The standard InChI is InChI=1S/C30H33NO5/c1-2-3-4-5-21-6-11-23(12-7-21)24-13-8-22(9-14-24)10-19-29(34)36-26-17-15-25(16-18-26)31-28(33)20-27(32)30(31)35/h8-10,13-19,21,23H,2-7,11-12,20H2,1H3/b19-10+. The van der Waals surface area contributed by atoms with E-state index in [0.717, 1.165) is 16.4 Å². The number of Topliss-reactive ketones (excluding diaryl/α,β-unsaturated/α-hetero) is 1. The molecule has 2 amide bonds. The molecule has 36 heavy (non-hydrogen) atoms. The smallest absolute Gasteiger partial charge is 0.336 e. The van der Waals surface area contributed by atoms with Crippen LogP contribution in [0.1, 0.15) is 81.8 Å². The lowest BCUT2D eigenvalue weighted by Crippen LogP contribution is -2.30. The highest BCUT2D eigenvalue weighted by Crippen LogP contribution is 2.37. The number of esters is 1. The molecule has 1 aliphatic carbocycles. The molecule has 0 spiro atoms. The Labute approximate surface area is 212 Å². The molecular formula is C30H33NO5. The van der Waals surface area contributed by atoms with Gasteiger partial charge in [-0.15, -0.1) is 0 Å². The largest absolute Gasteiger partial charge is 0.423 e. The minimum atomic E-state index is -0.839. The van der Waals surface area contributed by atoms with Crippen molar-refractivity contribution < 1.29 is 23.9 Å². The van der Waals surface area contributed by atoms with Crippen molar-refractivity contribution in [2.45, 2.75) is 70.6 Å². The van der Waals surface area contributed by atoms with Crippen LogP contribution in [0.2, 0.25) is 0 Å². The van der Waals surface area contributed by atoms with Gasteiger partial charge in [0.15, 0.2) is 0 Å². The summed E-state index contributed by atoms with van der Waals surface area (Å²) in [6.45, 7) is 2.26. The monoisotopic (exact) mass is 487 g/mol. The molecule has 2 aromatic rings. The molecule has 4 rings (SSSR count). The lowest BCUT2D eigenvalue weighted by molar-refractivity contribution is -0.133. The fourth-order valence-electron chi connectivity index (χ4n) is 5.12. The first-order chi connectivity index (χ1) is 17.4. The van der Waals surface area contributed by atoms with Crippen molar-refractivity contribution in [1.29, 1.82) is 0 Å². The number of carbonyl (C=O) groups excluding carboxylic acids is 4. The van der Waals surface area contributed by atoms with Crippen molar-refractivity contribution in [3.05, 3.63) is 65.7 Å². The van der Waals surface area contributed by atoms with Crippen molar-refractivity contribution in [1.82, 2.24) is 0 Å². The molecule has 0 aromatic heterocycles. The highest BCUT2D eigenvalue weighted by molar-refractivity contribution is 6.54. The molecule has 0 unspecified atom stereocenters. The third-order valence-corrected chi connectivity index (χ3v) is 7.20. The summed E-state index contributed by atoms with van der Waals surface area (Å²) in [4.78, 5) is 48.2. The van der Waals surface area contributed by atoms with E-state index in [0.29, 0.717) is 5.92 Å². The minimum Gasteiger partial charge on any atom is -0.423 e. The van der Waals surface area contributed by atoms with Crippen LogP contribution >= 0.6 is 0 Å². The quantitative estimate of drug-likeness (QED) is 0.0825. The van der Waals surface area contributed by atoms with Crippen LogP contribution in [0.25, 0.3) is 6.08 Å². The molecule has 188 valence electrons. The molecule has 6 nitrogen and oxygen atoms in total. The lowest BCUT2D eigenvalue weighted by Gasteiger charge is -2.29. The van der Waals surface area contributed by atoms with Crippen LogP contribution in [0.3, 0.4) is 0 Å². The third kappa shape index (κ3) is 6.36. The Bertz CT molecular complexity index is 1120. The predicted octanol–water partition coefficient (Wildman–Crippen LogP) is 5.99. The third-order valence-electron chi connectivity index (χ3n) is 7.20. The topological polar surface area (TPSA) is 80.8 Å². The maximum absolute atomic E-state index is 12.2. The molecule has 1 heterocycles. The van der Waals surface area contributed by atoms with E-state index >= 15 is 0 Å². The minimum absolute atomic E-state index is 0.274. The normalized spacial score (nSPS) is 20.4. The number of amides is 2. The first kappa shape index (κ1) is 25.5. The summed E-state index contributed by atoms with van der Waals surface area (Å²) >= 11 is 0. The van der Waals surface area contributed by atoms with Gasteiger partial charge in [0.25, 0.3) is 0 Å². The fourth-order valence-corrected chi connectivity index (χ4v) is 5.12. The van der Waals surface area contributed by atoms with Crippen LogP contribution in [0, 0.1) is 5.92 Å². The Hall–Kier alpha value is -3.54. The zero-order valence-electron chi connectivity index (χ0n) is 20.8. The first-order valence-corrected chi connectivity index (χ1v) is 12.9. The van der Waals surface area contributed by atoms with Gasteiger partial charge in [-0.3, -0.25) is 14.4 Å². The average molecular weight is 488 g/mol. The second-order valence-corrected chi connectivity index (χ2v) is 9.76. The number of carbonyl (C=O) groups is 4. The molecule has 1 saturated heterocycles. The highest BCUT2D eigenvalue weighted by atomic mass is 16.5. The van der Waals surface area contributed by atoms with Crippen LogP contribution in [0.5, 0.6) is 5.75 Å². The molecule has 0 atom stereocenters. The maximum Gasteiger partial charge on any atom is 0.336 e. The number of anilines is 1. The van der Waals surface area contributed by atoms with Crippen molar-refractivity contribution in [3.63, 3.8) is 0 Å². The van der Waals surface area contributed by atoms with Gasteiger partial charge in [0, 0.05) is 6.08 Å². The Morgan fingerprint density at radius 2 is 1.64 bits per heavy atom. The Morgan fingerprint density at radius 1 is 0.944 bits per heavy atom. The number of imide groups is 1. The van der Waals surface area contributed by atoms with E-state index in [-0.39, 0.29) is 11.4 Å². The molecule has 0 N–H and O–H groups in total. The fraction of sp³-hybridized carbons (Fsp3) is 0.400. The van der Waals surface area contributed by atoms with Gasteiger partial charge in [-0.05, 0) is 79.0 Å². The summed E-state index contributed by atoms with van der Waals surface area (Å²) in [6.07, 6.45) is 13.2. The van der Waals surface area contributed by atoms with Crippen LogP contribution in [-0.4, -0.2) is 23.6 Å². The second-order valence-electron chi connectivity index (χ2n) is 9.76. The first-order valence-electron chi connectivity index (χ1n) is 12.9. The van der Waals surface area contributed by atoms with Gasteiger partial charge in [-0.2, -0.15) is 0 Å². The summed E-state index contributed by atoms with van der Waals surface area (Å²) in [5.74, 6) is -0.850. The lowest BCUT2D eigenvalue weighted by atomic mass is 9.77. The van der Waals surface area contributed by atoms with Gasteiger partial charge < -0.3 is 4.74 Å². The SMILES string of the molecule is CCCCCC1CCC(c2ccc(/C=C/C(=O)Oc3ccc(N4C(=O)CC(=O)C4=O)cc3)cc2)CC1. The number of unbranched alkanes of at least 4 members (excludes halogenated alkanes) is 2. The number of benzene rings is 2. The maximum atomic E-state index is 12.2. The van der Waals surface area contributed by atoms with Crippen LogP contribution in [-0.2, 0) is 19.2 Å². The second kappa shape index (κ2) is 11.9. The number of ether oxygens (including phenoxy) is 1. The molecule has 0 bridgehead atoms. The zero-order chi connectivity index (χ0) is 25.5. The Balaban J connectivity index is 1.26. The van der Waals surface area contributed by atoms with Gasteiger partial charge in [-0.25, -0.2) is 9.69 Å². The summed E-state index contributed by atoms with van der Waals surface area (Å²) in [7, 11) is 0. The van der Waals surface area contributed by atoms with Crippen molar-refractivity contribution >= 4 is 35.3 Å². The molecule has 1 saturated carbocycles. The summed E-state index contributed by atoms with van der Waals surface area (Å²) in [5.41, 5.74) is 2.57. The molecule has 0 radical (unpaired) electrons. The van der Waals surface area contributed by atoms with Gasteiger partial charge >= 0.3 is 11.9 Å². The van der Waals surface area contributed by atoms with Crippen LogP contribution in [0.4, 0.5) is 5.69 Å². The zero-order valence-corrected chi connectivity index (χ0v) is 20.8. The van der Waals surface area contributed by atoms with E-state index in [1.54, 1.807) is 6.08 Å². The van der Waals surface area contributed by atoms with Crippen molar-refractivity contribution in [2.24, 2.45) is 5.92 Å². The predicted molar refractivity (Wildman–Crippen MR) is 139 cm³/mol. The van der Waals surface area contributed by atoms with E-state index in [2.05, 4.69) is 19.1 Å². The molecule has 2 fully saturated rings. The van der Waals surface area contributed by atoms with E-state index in [9.17, 15) is 19.2 Å². The van der Waals surface area contributed by atoms with E-state index in [4.69, 9.17) is 4.74 Å². The van der Waals surface area contributed by atoms with Gasteiger partial charge in [0.05, 0.1) is 12.1 Å². The summed E-state index contributed by atoms with van der Waals surface area (Å²) < 4.78 is 5.31. The van der Waals surface area contributed by atoms with E-state index in [1.807, 2.05) is 12.1 Å². The molecular weight excluding hydrogens is 454 g/mol. The van der Waals surface area contributed by atoms with Gasteiger partial charge in [0.1, 0.15) is 5.75 Å². The number of hydrogen-bond acceptors (Lipinski definition) is 5. The number of hydrogen-bond donors (Lipinski definition) is 0. The van der Waals surface area contributed by atoms with Gasteiger partial charge in [0.2, 0.25) is 11.7 Å². The number of rotatable bonds is 9. The Kier molecular flexibility index (Phi) is 8.47. The molecule has 6 heteroatoms. The number of nitrogens with zero attached hydrogens (tertiary/aromatic N) is 1. The molecule has 2 aliphatic rings. The van der Waals surface area contributed by atoms with Gasteiger partial charge in [-0.1, -0.05) is 56.9 Å². The van der Waals surface area contributed by atoms with Crippen LogP contribution < -0.4 is 9.64 Å². The van der Waals surface area contributed by atoms with Crippen LogP contribution in [0.15, 0.2) is 54.6 Å². The summed E-state index contributed by atoms with van der Waals surface area (Å²) in [5, 5.41) is 0. The Morgan fingerprint density at radius 3 is 2.25 bits per heavy atom. The number of ketones is 1. The highest BCUT2D eigenvalue weighted by Gasteiger charge is 2.38. The summed E-state index contributed by atoms with van der Waals surface area (Å²) in [6, 6.07) is 14.3. The van der Waals surface area contributed by atoms with Crippen molar-refractivity contribution in [3.8, 4) is 5.75 Å². The van der Waals surface area contributed by atoms with E-state index in [1.165, 1.54) is 87.3 Å². The molecule has 2 aromatic carbocycles. The molecule has 1 aliphatic heterocycles.